The summed E-state index contributed by atoms with van der Waals surface area (Å²) in [6, 6.07) is 2.65. The first-order valence-corrected chi connectivity index (χ1v) is 11.1. The van der Waals surface area contributed by atoms with E-state index in [0.717, 1.165) is 36.6 Å². The fourth-order valence-electron chi connectivity index (χ4n) is 4.25. The summed E-state index contributed by atoms with van der Waals surface area (Å²) < 4.78 is 56.2. The second-order valence-corrected chi connectivity index (χ2v) is 8.66. The molecule has 1 fully saturated rings. The summed E-state index contributed by atoms with van der Waals surface area (Å²) in [5, 5.41) is 4.32. The zero-order chi connectivity index (χ0) is 24.0. The molecule has 4 aromatic rings. The van der Waals surface area contributed by atoms with Gasteiger partial charge in [-0.25, -0.2) is 9.37 Å². The second kappa shape index (κ2) is 8.53. The third-order valence-electron chi connectivity index (χ3n) is 5.87. The summed E-state index contributed by atoms with van der Waals surface area (Å²) in [7, 11) is 0. The van der Waals surface area contributed by atoms with E-state index in [-0.39, 0.29) is 38.9 Å². The molecule has 0 atom stereocenters. The van der Waals surface area contributed by atoms with Crippen LogP contribution >= 0.6 is 11.6 Å². The van der Waals surface area contributed by atoms with Crippen LogP contribution in [0.4, 0.5) is 17.6 Å². The van der Waals surface area contributed by atoms with Crippen molar-refractivity contribution in [2.75, 3.05) is 13.1 Å². The van der Waals surface area contributed by atoms with Crippen LogP contribution in [0.15, 0.2) is 30.7 Å². The molecule has 0 N–H and O–H groups in total. The average molecular weight is 495 g/mol. The highest BCUT2D eigenvalue weighted by molar-refractivity contribution is 6.31. The van der Waals surface area contributed by atoms with Crippen molar-refractivity contribution in [2.45, 2.75) is 38.4 Å². The van der Waals surface area contributed by atoms with E-state index >= 15 is 0 Å². The summed E-state index contributed by atoms with van der Waals surface area (Å²) in [6.45, 7) is -0.190. The normalized spacial score (nSPS) is 15.3. The number of carbonyl (C=O) groups excluding carboxylic acids is 1. The third-order valence-corrected chi connectivity index (χ3v) is 6.16. The number of imidazole rings is 1. The van der Waals surface area contributed by atoms with Crippen molar-refractivity contribution in [3.63, 3.8) is 0 Å². The molecule has 178 valence electrons. The molecule has 1 saturated heterocycles. The predicted molar refractivity (Wildman–Crippen MR) is 117 cm³/mol. The van der Waals surface area contributed by atoms with Crippen LogP contribution in [-0.4, -0.2) is 54.2 Å². The van der Waals surface area contributed by atoms with Gasteiger partial charge < -0.3 is 4.90 Å². The van der Waals surface area contributed by atoms with E-state index in [2.05, 4.69) is 15.1 Å². The van der Waals surface area contributed by atoms with E-state index < -0.39 is 18.5 Å². The van der Waals surface area contributed by atoms with E-state index in [9.17, 15) is 22.4 Å². The van der Waals surface area contributed by atoms with Crippen LogP contribution in [-0.2, 0) is 6.54 Å². The molecule has 4 aromatic heterocycles. The summed E-state index contributed by atoms with van der Waals surface area (Å²) in [5.41, 5.74) is 0.866. The van der Waals surface area contributed by atoms with Crippen LogP contribution in [0.2, 0.25) is 5.02 Å². The van der Waals surface area contributed by atoms with Crippen molar-refractivity contribution in [3.05, 3.63) is 47.3 Å². The number of likely N-dealkylation sites (tertiary alicyclic amines) is 1. The van der Waals surface area contributed by atoms with Crippen LogP contribution in [0.25, 0.3) is 27.9 Å². The van der Waals surface area contributed by atoms with Crippen molar-refractivity contribution in [1.82, 2.24) is 29.0 Å². The van der Waals surface area contributed by atoms with E-state index in [0.29, 0.717) is 18.7 Å². The fourth-order valence-corrected chi connectivity index (χ4v) is 4.40. The first-order chi connectivity index (χ1) is 16.2. The third kappa shape index (κ3) is 4.20. The van der Waals surface area contributed by atoms with Crippen molar-refractivity contribution < 1.29 is 22.4 Å². The molecule has 0 unspecified atom stereocenters. The lowest BCUT2D eigenvalue weighted by atomic mass is 10.2. The Balaban J connectivity index is 1.64. The topological polar surface area (TPSA) is 68.3 Å². The van der Waals surface area contributed by atoms with Gasteiger partial charge in [0.25, 0.3) is 5.91 Å². The zero-order valence-corrected chi connectivity index (χ0v) is 18.6. The molecule has 0 spiro atoms. The molecular formula is C22H19ClF4N6O. The molecule has 5 heterocycles. The molecule has 0 bridgehead atoms. The van der Waals surface area contributed by atoms with Crippen LogP contribution in [0.1, 0.15) is 36.2 Å². The molecule has 12 heteroatoms. The van der Waals surface area contributed by atoms with Gasteiger partial charge in [-0.15, -0.1) is 0 Å². The number of pyridine rings is 2. The molecule has 0 radical (unpaired) electrons. The lowest BCUT2D eigenvalue weighted by molar-refractivity contribution is -0.141. The molecular weight excluding hydrogens is 476 g/mol. The smallest absolute Gasteiger partial charge is 0.337 e. The van der Waals surface area contributed by atoms with Crippen molar-refractivity contribution >= 4 is 34.1 Å². The maximum Gasteiger partial charge on any atom is 0.408 e. The van der Waals surface area contributed by atoms with Gasteiger partial charge in [0.1, 0.15) is 23.6 Å². The number of aromatic nitrogens is 5. The van der Waals surface area contributed by atoms with Gasteiger partial charge in [-0.1, -0.05) is 24.4 Å². The Morgan fingerprint density at radius 3 is 2.50 bits per heavy atom. The quantitative estimate of drug-likeness (QED) is 0.371. The molecule has 1 amide bonds. The first-order valence-electron chi connectivity index (χ1n) is 10.8. The molecule has 5 rings (SSSR count). The standard InChI is InChI=1S/C22H19ClF4N6O/c23-14-7-19-29-10-18(32(19)11-15(14)24)20-13-9-28-16(21(34)31-5-3-1-2-4-6-31)8-17(13)33(30-20)12-22(25,26)27/h7-11H,1-6,12H2. The minimum atomic E-state index is -4.55. The average Bonchev–Trinajstić information content (AvgIpc) is 3.20. The molecule has 7 nitrogen and oxygen atoms in total. The summed E-state index contributed by atoms with van der Waals surface area (Å²) in [4.78, 5) is 23.1. The number of carbonyl (C=O) groups is 1. The largest absolute Gasteiger partial charge is 0.408 e. The highest BCUT2D eigenvalue weighted by atomic mass is 35.5. The van der Waals surface area contributed by atoms with Gasteiger partial charge in [-0.05, 0) is 18.9 Å². The van der Waals surface area contributed by atoms with Gasteiger partial charge in [-0.2, -0.15) is 18.3 Å². The number of rotatable bonds is 3. The number of amides is 1. The summed E-state index contributed by atoms with van der Waals surface area (Å²) in [5.74, 6) is -1.03. The first kappa shape index (κ1) is 22.6. The van der Waals surface area contributed by atoms with Crippen LogP contribution in [0.5, 0.6) is 0 Å². The Labute approximate surface area is 196 Å². The Kier molecular flexibility index (Phi) is 5.67. The monoisotopic (exact) mass is 494 g/mol. The number of alkyl halides is 3. The second-order valence-electron chi connectivity index (χ2n) is 8.26. The maximum atomic E-state index is 14.1. The van der Waals surface area contributed by atoms with Crippen LogP contribution < -0.4 is 0 Å². The molecule has 34 heavy (non-hydrogen) atoms. The van der Waals surface area contributed by atoms with Gasteiger partial charge in [0, 0.05) is 36.9 Å². The van der Waals surface area contributed by atoms with E-state index in [1.807, 2.05) is 0 Å². The van der Waals surface area contributed by atoms with Gasteiger partial charge in [-0.3, -0.25) is 18.9 Å². The van der Waals surface area contributed by atoms with Crippen molar-refractivity contribution in [2.24, 2.45) is 0 Å². The maximum absolute atomic E-state index is 14.1. The zero-order valence-electron chi connectivity index (χ0n) is 17.8. The minimum absolute atomic E-state index is 0.0558. The van der Waals surface area contributed by atoms with Crippen molar-refractivity contribution in [1.29, 1.82) is 0 Å². The summed E-state index contributed by atoms with van der Waals surface area (Å²) >= 11 is 5.82. The Bertz CT molecular complexity index is 1390. The molecule has 0 aromatic carbocycles. The van der Waals surface area contributed by atoms with E-state index in [1.165, 1.54) is 28.9 Å². The highest BCUT2D eigenvalue weighted by Gasteiger charge is 2.31. The van der Waals surface area contributed by atoms with E-state index in [4.69, 9.17) is 11.6 Å². The lowest BCUT2D eigenvalue weighted by Gasteiger charge is -2.19. The number of fused-ring (bicyclic) bond motifs is 2. The number of halogens is 5. The molecule has 0 aliphatic carbocycles. The van der Waals surface area contributed by atoms with E-state index in [1.54, 1.807) is 4.90 Å². The molecule has 1 aliphatic rings. The highest BCUT2D eigenvalue weighted by Crippen LogP contribution is 2.32. The number of hydrogen-bond acceptors (Lipinski definition) is 4. The Morgan fingerprint density at radius 1 is 1.06 bits per heavy atom. The minimum Gasteiger partial charge on any atom is -0.337 e. The summed E-state index contributed by atoms with van der Waals surface area (Å²) in [6.07, 6.45) is 3.07. The van der Waals surface area contributed by atoms with Gasteiger partial charge in [0.05, 0.1) is 22.4 Å². The van der Waals surface area contributed by atoms with Crippen LogP contribution in [0, 0.1) is 5.82 Å². The SMILES string of the molecule is O=C(c1cc2c(cn1)c(-c1cnc3cc(Cl)c(F)cn13)nn2CC(F)(F)F)N1CCCCCC1. The predicted octanol–water partition coefficient (Wildman–Crippen LogP) is 5.12. The molecule has 1 aliphatic heterocycles. The van der Waals surface area contributed by atoms with Crippen molar-refractivity contribution in [3.8, 4) is 11.4 Å². The number of nitrogens with zero attached hydrogens (tertiary/aromatic N) is 6. The lowest BCUT2D eigenvalue weighted by Crippen LogP contribution is -2.32. The fraction of sp³-hybridized carbons (Fsp3) is 0.364. The Morgan fingerprint density at radius 2 is 1.79 bits per heavy atom. The molecule has 0 saturated carbocycles. The van der Waals surface area contributed by atoms with Gasteiger partial charge in [0.2, 0.25) is 0 Å². The van der Waals surface area contributed by atoms with Gasteiger partial charge in [0.15, 0.2) is 5.82 Å². The number of hydrogen-bond donors (Lipinski definition) is 0. The van der Waals surface area contributed by atoms with Crippen LogP contribution in [0.3, 0.4) is 0 Å². The Hall–Kier alpha value is -3.21. The van der Waals surface area contributed by atoms with Gasteiger partial charge >= 0.3 is 6.18 Å².